The third-order valence-corrected chi connectivity index (χ3v) is 4.17. The second-order valence-electron chi connectivity index (χ2n) is 5.83. The quantitative estimate of drug-likeness (QED) is 0.849. The summed E-state index contributed by atoms with van der Waals surface area (Å²) in [6, 6.07) is 11.0. The second kappa shape index (κ2) is 6.55. The normalized spacial score (nSPS) is 14.2. The molecule has 6 heteroatoms. The Kier molecular flexibility index (Phi) is 4.46. The number of amides is 1. The van der Waals surface area contributed by atoms with E-state index < -0.39 is 11.7 Å². The van der Waals surface area contributed by atoms with Crippen LogP contribution in [0.3, 0.4) is 0 Å². The molecule has 0 aliphatic carbocycles. The predicted octanol–water partition coefficient (Wildman–Crippen LogP) is 4.23. The van der Waals surface area contributed by atoms with E-state index in [9.17, 15) is 18.0 Å². The van der Waals surface area contributed by atoms with E-state index in [-0.39, 0.29) is 0 Å². The summed E-state index contributed by atoms with van der Waals surface area (Å²) in [6.45, 7) is 1.42. The third kappa shape index (κ3) is 3.53. The van der Waals surface area contributed by atoms with Gasteiger partial charge in [-0.05, 0) is 54.3 Å². The van der Waals surface area contributed by atoms with Gasteiger partial charge in [0.2, 0.25) is 6.41 Å². The molecule has 0 spiro atoms. The monoisotopic (exact) mass is 334 g/mol. The zero-order valence-corrected chi connectivity index (χ0v) is 12.9. The van der Waals surface area contributed by atoms with E-state index in [0.717, 1.165) is 54.0 Å². The maximum atomic E-state index is 12.6. The van der Waals surface area contributed by atoms with Crippen LogP contribution < -0.4 is 10.2 Å². The molecule has 126 valence electrons. The molecule has 0 fully saturated rings. The second-order valence-corrected chi connectivity index (χ2v) is 5.83. The maximum absolute atomic E-state index is 12.6. The van der Waals surface area contributed by atoms with Crippen LogP contribution in [0.1, 0.15) is 23.1 Å². The maximum Gasteiger partial charge on any atom is 0.416 e. The average molecular weight is 334 g/mol. The van der Waals surface area contributed by atoms with E-state index in [2.05, 4.69) is 10.2 Å². The molecule has 24 heavy (non-hydrogen) atoms. The van der Waals surface area contributed by atoms with Crippen LogP contribution in [-0.2, 0) is 23.9 Å². The number of carbonyl (C=O) groups is 1. The zero-order chi connectivity index (χ0) is 17.2. The molecule has 0 unspecified atom stereocenters. The lowest BCUT2D eigenvalue weighted by Crippen LogP contribution is -2.28. The fourth-order valence-corrected chi connectivity index (χ4v) is 3.02. The van der Waals surface area contributed by atoms with Gasteiger partial charge in [0.05, 0.1) is 5.56 Å². The molecule has 0 bridgehead atoms. The Balaban J connectivity index is 1.78. The van der Waals surface area contributed by atoms with Gasteiger partial charge in [0.1, 0.15) is 0 Å². The Hall–Kier alpha value is -2.50. The summed E-state index contributed by atoms with van der Waals surface area (Å²) in [6.07, 6.45) is -1.77. The smallest absolute Gasteiger partial charge is 0.367 e. The first-order chi connectivity index (χ1) is 11.5. The number of anilines is 2. The first-order valence-corrected chi connectivity index (χ1v) is 7.71. The molecule has 1 heterocycles. The predicted molar refractivity (Wildman–Crippen MR) is 86.9 cm³/mol. The molecule has 0 aromatic heterocycles. The van der Waals surface area contributed by atoms with Crippen molar-refractivity contribution in [1.82, 2.24) is 0 Å². The minimum atomic E-state index is -4.31. The molecule has 1 aliphatic heterocycles. The summed E-state index contributed by atoms with van der Waals surface area (Å²) in [4.78, 5) is 12.7. The summed E-state index contributed by atoms with van der Waals surface area (Å²) in [7, 11) is 0. The van der Waals surface area contributed by atoms with Gasteiger partial charge < -0.3 is 10.2 Å². The summed E-state index contributed by atoms with van der Waals surface area (Å²) < 4.78 is 37.9. The molecule has 0 saturated carbocycles. The highest BCUT2D eigenvalue weighted by Crippen LogP contribution is 2.32. The van der Waals surface area contributed by atoms with Gasteiger partial charge in [-0.15, -0.1) is 0 Å². The SMILES string of the molecule is O=CNc1ccc2c(c1)CCCN2Cc1ccc(C(F)(F)F)cc1. The number of nitrogens with zero attached hydrogens (tertiary/aromatic N) is 1. The van der Waals surface area contributed by atoms with Crippen LogP contribution in [0.25, 0.3) is 0 Å². The van der Waals surface area contributed by atoms with Gasteiger partial charge in [0, 0.05) is 24.5 Å². The van der Waals surface area contributed by atoms with Gasteiger partial charge in [-0.25, -0.2) is 0 Å². The van der Waals surface area contributed by atoms with Crippen LogP contribution in [0, 0.1) is 0 Å². The minimum absolute atomic E-state index is 0.561. The Morgan fingerprint density at radius 2 is 1.88 bits per heavy atom. The lowest BCUT2D eigenvalue weighted by atomic mass is 10.00. The number of hydrogen-bond acceptors (Lipinski definition) is 2. The van der Waals surface area contributed by atoms with Gasteiger partial charge in [0.25, 0.3) is 0 Å². The molecule has 2 aromatic carbocycles. The standard InChI is InChI=1S/C18H17F3N2O/c19-18(20,21)15-5-3-13(4-6-15)11-23-9-1-2-14-10-16(22-12-24)7-8-17(14)23/h3-8,10,12H,1-2,9,11H2,(H,22,24). The lowest BCUT2D eigenvalue weighted by Gasteiger charge is -2.31. The Morgan fingerprint density at radius 3 is 2.54 bits per heavy atom. The molecule has 1 N–H and O–H groups in total. The molecule has 0 atom stereocenters. The average Bonchev–Trinajstić information content (AvgIpc) is 2.55. The topological polar surface area (TPSA) is 32.3 Å². The number of rotatable bonds is 4. The van der Waals surface area contributed by atoms with Crippen molar-refractivity contribution in [3.8, 4) is 0 Å². The summed E-state index contributed by atoms with van der Waals surface area (Å²) in [5, 5.41) is 2.64. The van der Waals surface area contributed by atoms with E-state index in [1.54, 1.807) is 0 Å². The van der Waals surface area contributed by atoms with E-state index >= 15 is 0 Å². The number of fused-ring (bicyclic) bond motifs is 1. The molecule has 1 aliphatic rings. The van der Waals surface area contributed by atoms with Crippen molar-refractivity contribution in [2.45, 2.75) is 25.6 Å². The minimum Gasteiger partial charge on any atom is -0.367 e. The molecular weight excluding hydrogens is 317 g/mol. The van der Waals surface area contributed by atoms with Gasteiger partial charge in [-0.1, -0.05) is 12.1 Å². The number of hydrogen-bond donors (Lipinski definition) is 1. The first kappa shape index (κ1) is 16.4. The van der Waals surface area contributed by atoms with Crippen molar-refractivity contribution in [2.24, 2.45) is 0 Å². The highest BCUT2D eigenvalue weighted by atomic mass is 19.4. The summed E-state index contributed by atoms with van der Waals surface area (Å²) in [5.41, 5.74) is 3.17. The lowest BCUT2D eigenvalue weighted by molar-refractivity contribution is -0.137. The Labute approximate surface area is 138 Å². The number of halogens is 3. The van der Waals surface area contributed by atoms with Gasteiger partial charge >= 0.3 is 6.18 Å². The van der Waals surface area contributed by atoms with E-state index in [0.29, 0.717) is 13.0 Å². The van der Waals surface area contributed by atoms with Gasteiger partial charge in [-0.2, -0.15) is 13.2 Å². The van der Waals surface area contributed by atoms with Gasteiger partial charge in [-0.3, -0.25) is 4.79 Å². The van der Waals surface area contributed by atoms with Crippen LogP contribution >= 0.6 is 0 Å². The Morgan fingerprint density at radius 1 is 1.12 bits per heavy atom. The Bertz CT molecular complexity index is 726. The van der Waals surface area contributed by atoms with E-state index in [1.165, 1.54) is 12.1 Å². The number of nitrogens with one attached hydrogen (secondary N) is 1. The zero-order valence-electron chi connectivity index (χ0n) is 12.9. The van der Waals surface area contributed by atoms with Crippen molar-refractivity contribution in [3.05, 3.63) is 59.2 Å². The number of benzene rings is 2. The fourth-order valence-electron chi connectivity index (χ4n) is 3.02. The van der Waals surface area contributed by atoms with Crippen LogP contribution in [0.15, 0.2) is 42.5 Å². The molecule has 0 saturated heterocycles. The van der Waals surface area contributed by atoms with E-state index in [1.807, 2.05) is 18.2 Å². The van der Waals surface area contributed by atoms with Crippen LogP contribution in [0.2, 0.25) is 0 Å². The number of aryl methyl sites for hydroxylation is 1. The summed E-state index contributed by atoms with van der Waals surface area (Å²) in [5.74, 6) is 0. The molecular formula is C18H17F3N2O. The number of carbonyl (C=O) groups excluding carboxylic acids is 1. The summed E-state index contributed by atoms with van der Waals surface area (Å²) >= 11 is 0. The van der Waals surface area contributed by atoms with Gasteiger partial charge in [0.15, 0.2) is 0 Å². The number of alkyl halides is 3. The van der Waals surface area contributed by atoms with Crippen LogP contribution in [0.5, 0.6) is 0 Å². The first-order valence-electron chi connectivity index (χ1n) is 7.71. The molecule has 2 aromatic rings. The largest absolute Gasteiger partial charge is 0.416 e. The van der Waals surface area contributed by atoms with Crippen molar-refractivity contribution in [1.29, 1.82) is 0 Å². The third-order valence-electron chi connectivity index (χ3n) is 4.17. The van der Waals surface area contributed by atoms with Crippen LogP contribution in [0.4, 0.5) is 24.5 Å². The molecule has 1 amide bonds. The molecule has 0 radical (unpaired) electrons. The highest BCUT2D eigenvalue weighted by Gasteiger charge is 2.30. The van der Waals surface area contributed by atoms with Crippen molar-refractivity contribution >= 4 is 17.8 Å². The highest BCUT2D eigenvalue weighted by molar-refractivity contribution is 5.74. The van der Waals surface area contributed by atoms with E-state index in [4.69, 9.17) is 0 Å². The fraction of sp³-hybridized carbons (Fsp3) is 0.278. The van der Waals surface area contributed by atoms with Crippen molar-refractivity contribution in [3.63, 3.8) is 0 Å². The molecule has 3 rings (SSSR count). The molecule has 3 nitrogen and oxygen atoms in total. The van der Waals surface area contributed by atoms with Crippen molar-refractivity contribution < 1.29 is 18.0 Å². The van der Waals surface area contributed by atoms with Crippen LogP contribution in [-0.4, -0.2) is 13.0 Å². The van der Waals surface area contributed by atoms with Crippen molar-refractivity contribution in [2.75, 3.05) is 16.8 Å².